The molecule has 0 saturated carbocycles. The van der Waals surface area contributed by atoms with Crippen molar-refractivity contribution >= 4 is 17.7 Å². The first-order valence-electron chi connectivity index (χ1n) is 15.5. The maximum absolute atomic E-state index is 14.6. The Morgan fingerprint density at radius 1 is 1.14 bits per heavy atom. The summed E-state index contributed by atoms with van der Waals surface area (Å²) in [5.74, 6) is -2.41. The second-order valence-corrected chi connectivity index (χ2v) is 12.9. The first-order chi connectivity index (χ1) is 20.0. The molecule has 1 aromatic carbocycles. The van der Waals surface area contributed by atoms with Gasteiger partial charge in [-0.15, -0.1) is 13.2 Å². The Morgan fingerprint density at radius 2 is 1.79 bits per heavy atom. The topological polar surface area (TPSA) is 90.4 Å². The molecule has 3 aliphatic rings. The molecule has 1 aromatic rings. The number of hydrogen-bond donors (Lipinski definition) is 1. The summed E-state index contributed by atoms with van der Waals surface area (Å²) in [7, 11) is 0. The monoisotopic (exact) mass is 579 g/mol. The van der Waals surface area contributed by atoms with Crippen LogP contribution in [0.2, 0.25) is 0 Å². The highest BCUT2D eigenvalue weighted by Crippen LogP contribution is 2.66. The standard InChI is InChI=1S/C34H49N3O5/c1-8-11-19-35(17-9-2)32(41)29-34-20-24(6)33(7,42-34)27(28(34)31(40)37(29)26(22-38)23(4)5)30(39)36(18-10-3)21-25-15-13-12-14-16-25/h9-10,12-16,23-24,26-29,38H,2-3,8,11,17-22H2,1,4-7H3/t24?,26-,27-,28-,29?,33+,34?/m0/s1. The zero-order chi connectivity index (χ0) is 30.8. The lowest BCUT2D eigenvalue weighted by Gasteiger charge is -2.40. The number of fused-ring (bicyclic) bond motifs is 1. The van der Waals surface area contributed by atoms with Gasteiger partial charge in [-0.25, -0.2) is 0 Å². The van der Waals surface area contributed by atoms with E-state index in [1.807, 2.05) is 51.1 Å². The third-order valence-corrected chi connectivity index (χ3v) is 9.89. The number of aliphatic hydroxyl groups excluding tert-OH is 1. The number of amides is 3. The fourth-order valence-corrected chi connectivity index (χ4v) is 7.67. The SMILES string of the molecule is C=CCN(CCCC)C(=O)C1N([C@@H](CO)C(C)C)C(=O)[C@@H]2[C@@H](C(=O)N(CC=C)Cc3ccccc3)[C@]3(C)OC12CC3C. The molecule has 3 unspecified atom stereocenters. The molecule has 0 radical (unpaired) electrons. The van der Waals surface area contributed by atoms with Crippen LogP contribution in [0.1, 0.15) is 59.4 Å². The molecule has 1 spiro atoms. The van der Waals surface area contributed by atoms with Crippen molar-refractivity contribution in [2.24, 2.45) is 23.7 Å². The van der Waals surface area contributed by atoms with Crippen molar-refractivity contribution < 1.29 is 24.2 Å². The van der Waals surface area contributed by atoms with Gasteiger partial charge in [-0.2, -0.15) is 0 Å². The van der Waals surface area contributed by atoms with Crippen LogP contribution in [0.3, 0.4) is 0 Å². The summed E-state index contributed by atoms with van der Waals surface area (Å²) in [6, 6.07) is 8.24. The van der Waals surface area contributed by atoms with Crippen LogP contribution in [0, 0.1) is 23.7 Å². The number of carbonyl (C=O) groups excluding carboxylic acids is 3. The van der Waals surface area contributed by atoms with Gasteiger partial charge in [0.05, 0.1) is 30.1 Å². The lowest BCUT2D eigenvalue weighted by molar-refractivity contribution is -0.158. The maximum Gasteiger partial charge on any atom is 0.248 e. The Kier molecular flexibility index (Phi) is 9.68. The number of benzene rings is 1. The van der Waals surface area contributed by atoms with Crippen molar-refractivity contribution in [3.63, 3.8) is 0 Å². The zero-order valence-corrected chi connectivity index (χ0v) is 26.0. The number of nitrogens with zero attached hydrogens (tertiary/aromatic N) is 3. The molecule has 2 bridgehead atoms. The number of unbranched alkanes of at least 4 members (excludes halogenated alkanes) is 1. The number of hydrogen-bond acceptors (Lipinski definition) is 5. The van der Waals surface area contributed by atoms with Crippen LogP contribution in [0.4, 0.5) is 0 Å². The van der Waals surface area contributed by atoms with E-state index in [0.717, 1.165) is 18.4 Å². The summed E-state index contributed by atoms with van der Waals surface area (Å²) in [6.45, 7) is 19.0. The second-order valence-electron chi connectivity index (χ2n) is 12.9. The molecule has 8 heteroatoms. The highest BCUT2D eigenvalue weighted by molar-refractivity contribution is 5.99. The van der Waals surface area contributed by atoms with E-state index < -0.39 is 35.1 Å². The van der Waals surface area contributed by atoms with E-state index in [9.17, 15) is 19.5 Å². The van der Waals surface area contributed by atoms with Crippen molar-refractivity contribution in [1.29, 1.82) is 0 Å². The minimum absolute atomic E-state index is 0.0665. The molecule has 3 fully saturated rings. The smallest absolute Gasteiger partial charge is 0.248 e. The van der Waals surface area contributed by atoms with Crippen LogP contribution >= 0.6 is 0 Å². The van der Waals surface area contributed by atoms with E-state index in [4.69, 9.17) is 4.74 Å². The van der Waals surface area contributed by atoms with E-state index in [-0.39, 0.29) is 36.2 Å². The van der Waals surface area contributed by atoms with Gasteiger partial charge in [0.1, 0.15) is 11.6 Å². The fraction of sp³-hybridized carbons (Fsp3) is 0.618. The number of carbonyl (C=O) groups is 3. The number of ether oxygens (including phenoxy) is 1. The van der Waals surface area contributed by atoms with Gasteiger partial charge < -0.3 is 24.5 Å². The second kappa shape index (κ2) is 12.7. The minimum Gasteiger partial charge on any atom is -0.394 e. The van der Waals surface area contributed by atoms with Gasteiger partial charge in [-0.05, 0) is 37.2 Å². The summed E-state index contributed by atoms with van der Waals surface area (Å²) in [6.07, 6.45) is 5.62. The molecule has 3 aliphatic heterocycles. The molecule has 4 rings (SSSR count). The molecule has 8 nitrogen and oxygen atoms in total. The Hall–Kier alpha value is -2.97. The van der Waals surface area contributed by atoms with Crippen molar-refractivity contribution in [2.45, 2.75) is 83.7 Å². The van der Waals surface area contributed by atoms with Crippen LogP contribution in [0.25, 0.3) is 0 Å². The molecule has 42 heavy (non-hydrogen) atoms. The first kappa shape index (κ1) is 32.0. The third kappa shape index (κ3) is 5.21. The first-order valence-corrected chi connectivity index (χ1v) is 15.5. The molecular weight excluding hydrogens is 530 g/mol. The molecule has 3 amide bonds. The normalized spacial score (nSPS) is 30.4. The molecule has 3 saturated heterocycles. The summed E-state index contributed by atoms with van der Waals surface area (Å²) in [4.78, 5) is 48.8. The molecule has 7 atom stereocenters. The quantitative estimate of drug-likeness (QED) is 0.336. The van der Waals surface area contributed by atoms with Gasteiger partial charge in [0, 0.05) is 26.2 Å². The number of likely N-dealkylation sites (tertiary alicyclic amines) is 1. The van der Waals surface area contributed by atoms with E-state index in [0.29, 0.717) is 32.6 Å². The molecule has 230 valence electrons. The lowest BCUT2D eigenvalue weighted by Crippen LogP contribution is -2.59. The van der Waals surface area contributed by atoms with Gasteiger partial charge in [0.25, 0.3) is 0 Å². The van der Waals surface area contributed by atoms with Gasteiger partial charge in [0.2, 0.25) is 17.7 Å². The van der Waals surface area contributed by atoms with Gasteiger partial charge >= 0.3 is 0 Å². The Balaban J connectivity index is 1.83. The van der Waals surface area contributed by atoms with Crippen molar-refractivity contribution in [2.75, 3.05) is 26.2 Å². The predicted octanol–water partition coefficient (Wildman–Crippen LogP) is 4.04. The van der Waals surface area contributed by atoms with Gasteiger partial charge in [0.15, 0.2) is 0 Å². The van der Waals surface area contributed by atoms with Crippen molar-refractivity contribution in [3.05, 3.63) is 61.2 Å². The van der Waals surface area contributed by atoms with E-state index in [2.05, 4.69) is 27.0 Å². The third-order valence-electron chi connectivity index (χ3n) is 9.89. The zero-order valence-electron chi connectivity index (χ0n) is 26.0. The summed E-state index contributed by atoms with van der Waals surface area (Å²) in [5.41, 5.74) is -1.10. The Labute approximate surface area is 251 Å². The average Bonchev–Trinajstić information content (AvgIpc) is 3.47. The molecular formula is C34H49N3O5. The molecule has 0 aliphatic carbocycles. The Bertz CT molecular complexity index is 1170. The average molecular weight is 580 g/mol. The summed E-state index contributed by atoms with van der Waals surface area (Å²) in [5, 5.41) is 10.5. The molecule has 0 aromatic heterocycles. The largest absolute Gasteiger partial charge is 0.394 e. The number of aliphatic hydroxyl groups is 1. The number of rotatable bonds is 14. The van der Waals surface area contributed by atoms with E-state index in [1.165, 1.54) is 0 Å². The minimum atomic E-state index is -1.16. The summed E-state index contributed by atoms with van der Waals surface area (Å²) >= 11 is 0. The van der Waals surface area contributed by atoms with E-state index in [1.54, 1.807) is 26.9 Å². The van der Waals surface area contributed by atoms with Crippen molar-refractivity contribution in [3.8, 4) is 0 Å². The van der Waals surface area contributed by atoms with Crippen LogP contribution in [-0.4, -0.2) is 87.1 Å². The van der Waals surface area contributed by atoms with Crippen LogP contribution in [0.5, 0.6) is 0 Å². The summed E-state index contributed by atoms with van der Waals surface area (Å²) < 4.78 is 6.95. The predicted molar refractivity (Wildman–Crippen MR) is 163 cm³/mol. The lowest BCUT2D eigenvalue weighted by atomic mass is 9.62. The Morgan fingerprint density at radius 3 is 2.36 bits per heavy atom. The van der Waals surface area contributed by atoms with E-state index >= 15 is 0 Å². The van der Waals surface area contributed by atoms with Crippen LogP contribution < -0.4 is 0 Å². The maximum atomic E-state index is 14.6. The fourth-order valence-electron chi connectivity index (χ4n) is 7.67. The highest BCUT2D eigenvalue weighted by atomic mass is 16.5. The highest BCUT2D eigenvalue weighted by Gasteiger charge is 2.80. The van der Waals surface area contributed by atoms with Crippen LogP contribution in [0.15, 0.2) is 55.6 Å². The van der Waals surface area contributed by atoms with Gasteiger partial charge in [-0.1, -0.05) is 76.6 Å². The molecule has 1 N–H and O–H groups in total. The van der Waals surface area contributed by atoms with Crippen molar-refractivity contribution in [1.82, 2.24) is 14.7 Å². The van der Waals surface area contributed by atoms with Gasteiger partial charge in [-0.3, -0.25) is 14.4 Å². The van der Waals surface area contributed by atoms with Crippen LogP contribution in [-0.2, 0) is 25.7 Å². The molecule has 3 heterocycles.